The number of hydrogen-bond donors (Lipinski definition) is 1. The molecule has 0 aliphatic rings. The highest BCUT2D eigenvalue weighted by Gasteiger charge is 2.00. The standard InChI is InChI=1S/C9H16O3/c1-4-8(10)5-6-9(11)12-7(2)3/h5-8,10H,4H2,1-3H3/b6-5+/t8-/m0/s1. The first-order valence-corrected chi connectivity index (χ1v) is 4.13. The number of aliphatic hydroxyl groups excluding tert-OH is 1. The molecule has 0 unspecified atom stereocenters. The number of esters is 1. The molecule has 0 aromatic rings. The van der Waals surface area contributed by atoms with Gasteiger partial charge in [-0.1, -0.05) is 6.92 Å². The maximum atomic E-state index is 10.9. The van der Waals surface area contributed by atoms with Gasteiger partial charge in [0.05, 0.1) is 12.2 Å². The molecule has 0 spiro atoms. The fourth-order valence-corrected chi connectivity index (χ4v) is 0.597. The second-order valence-electron chi connectivity index (χ2n) is 2.82. The largest absolute Gasteiger partial charge is 0.460 e. The van der Waals surface area contributed by atoms with Crippen molar-refractivity contribution in [1.29, 1.82) is 0 Å². The van der Waals surface area contributed by atoms with Crippen LogP contribution in [0.1, 0.15) is 27.2 Å². The molecule has 0 heterocycles. The first-order chi connectivity index (χ1) is 5.56. The third kappa shape index (κ3) is 5.92. The lowest BCUT2D eigenvalue weighted by Crippen LogP contribution is -2.09. The molecular formula is C9H16O3. The van der Waals surface area contributed by atoms with Gasteiger partial charge in [-0.05, 0) is 26.3 Å². The number of hydrogen-bond acceptors (Lipinski definition) is 3. The molecule has 0 aliphatic carbocycles. The molecule has 0 saturated heterocycles. The average molecular weight is 172 g/mol. The normalized spacial score (nSPS) is 13.8. The Morgan fingerprint density at radius 1 is 1.58 bits per heavy atom. The van der Waals surface area contributed by atoms with Gasteiger partial charge in [0.1, 0.15) is 0 Å². The molecule has 1 N–H and O–H groups in total. The van der Waals surface area contributed by atoms with E-state index in [1.165, 1.54) is 12.2 Å². The van der Waals surface area contributed by atoms with E-state index in [4.69, 9.17) is 9.84 Å². The van der Waals surface area contributed by atoms with E-state index in [0.717, 1.165) is 0 Å². The van der Waals surface area contributed by atoms with Crippen molar-refractivity contribution in [1.82, 2.24) is 0 Å². The Morgan fingerprint density at radius 2 is 2.17 bits per heavy atom. The zero-order valence-corrected chi connectivity index (χ0v) is 7.78. The molecule has 0 rings (SSSR count). The van der Waals surface area contributed by atoms with Gasteiger partial charge in [0.25, 0.3) is 0 Å². The minimum absolute atomic E-state index is 0.110. The Labute approximate surface area is 73.0 Å². The van der Waals surface area contributed by atoms with E-state index < -0.39 is 12.1 Å². The summed E-state index contributed by atoms with van der Waals surface area (Å²) in [6, 6.07) is 0. The van der Waals surface area contributed by atoms with E-state index in [1.807, 2.05) is 6.92 Å². The smallest absolute Gasteiger partial charge is 0.330 e. The molecule has 0 saturated carbocycles. The third-order valence-electron chi connectivity index (χ3n) is 1.22. The van der Waals surface area contributed by atoms with Gasteiger partial charge in [0, 0.05) is 6.08 Å². The van der Waals surface area contributed by atoms with Crippen molar-refractivity contribution in [3.63, 3.8) is 0 Å². The molecule has 0 aromatic heterocycles. The van der Waals surface area contributed by atoms with Gasteiger partial charge in [0.15, 0.2) is 0 Å². The van der Waals surface area contributed by atoms with Crippen LogP contribution in [0.15, 0.2) is 12.2 Å². The molecule has 3 heteroatoms. The van der Waals surface area contributed by atoms with E-state index in [1.54, 1.807) is 13.8 Å². The molecule has 0 aliphatic heterocycles. The number of carbonyl (C=O) groups is 1. The Balaban J connectivity index is 3.75. The fraction of sp³-hybridized carbons (Fsp3) is 0.667. The zero-order chi connectivity index (χ0) is 9.56. The van der Waals surface area contributed by atoms with Crippen LogP contribution in [-0.2, 0) is 9.53 Å². The first kappa shape index (κ1) is 11.2. The van der Waals surface area contributed by atoms with E-state index in [2.05, 4.69) is 0 Å². The summed E-state index contributed by atoms with van der Waals surface area (Å²) in [5, 5.41) is 9.05. The summed E-state index contributed by atoms with van der Waals surface area (Å²) >= 11 is 0. The molecule has 3 nitrogen and oxygen atoms in total. The van der Waals surface area contributed by atoms with E-state index in [0.29, 0.717) is 6.42 Å². The van der Waals surface area contributed by atoms with E-state index >= 15 is 0 Å². The highest BCUT2D eigenvalue weighted by atomic mass is 16.5. The maximum Gasteiger partial charge on any atom is 0.330 e. The van der Waals surface area contributed by atoms with Crippen molar-refractivity contribution in [3.8, 4) is 0 Å². The van der Waals surface area contributed by atoms with Crippen molar-refractivity contribution in [2.24, 2.45) is 0 Å². The molecule has 0 amide bonds. The number of ether oxygens (including phenoxy) is 1. The topological polar surface area (TPSA) is 46.5 Å². The summed E-state index contributed by atoms with van der Waals surface area (Å²) in [5.41, 5.74) is 0. The molecular weight excluding hydrogens is 156 g/mol. The van der Waals surface area contributed by atoms with E-state index in [9.17, 15) is 4.79 Å². The van der Waals surface area contributed by atoms with Crippen molar-refractivity contribution < 1.29 is 14.6 Å². The van der Waals surface area contributed by atoms with Gasteiger partial charge >= 0.3 is 5.97 Å². The summed E-state index contributed by atoms with van der Waals surface area (Å²) in [7, 11) is 0. The molecule has 0 fully saturated rings. The average Bonchev–Trinajstić information content (AvgIpc) is 1.99. The molecule has 70 valence electrons. The van der Waals surface area contributed by atoms with Crippen LogP contribution in [0.2, 0.25) is 0 Å². The Kier molecular flexibility index (Phi) is 5.37. The summed E-state index contributed by atoms with van der Waals surface area (Å²) in [5.74, 6) is -0.405. The Morgan fingerprint density at radius 3 is 2.58 bits per heavy atom. The quantitative estimate of drug-likeness (QED) is 0.513. The number of rotatable bonds is 4. The monoisotopic (exact) mass is 172 g/mol. The fourth-order valence-electron chi connectivity index (χ4n) is 0.597. The maximum absolute atomic E-state index is 10.9. The summed E-state index contributed by atoms with van der Waals surface area (Å²) in [6.07, 6.45) is 2.63. The van der Waals surface area contributed by atoms with Crippen LogP contribution in [0.25, 0.3) is 0 Å². The van der Waals surface area contributed by atoms with Crippen LogP contribution in [0.4, 0.5) is 0 Å². The van der Waals surface area contributed by atoms with Gasteiger partial charge in [-0.2, -0.15) is 0 Å². The minimum Gasteiger partial charge on any atom is -0.460 e. The highest BCUT2D eigenvalue weighted by Crippen LogP contribution is 1.94. The van der Waals surface area contributed by atoms with E-state index in [-0.39, 0.29) is 6.10 Å². The second kappa shape index (κ2) is 5.77. The van der Waals surface area contributed by atoms with Crippen LogP contribution in [0, 0.1) is 0 Å². The van der Waals surface area contributed by atoms with Crippen LogP contribution in [-0.4, -0.2) is 23.3 Å². The predicted octanol–water partition coefficient (Wildman–Crippen LogP) is 1.27. The van der Waals surface area contributed by atoms with Crippen molar-refractivity contribution >= 4 is 5.97 Å². The minimum atomic E-state index is -0.551. The lowest BCUT2D eigenvalue weighted by Gasteiger charge is -2.04. The number of aliphatic hydroxyl groups is 1. The summed E-state index contributed by atoms with van der Waals surface area (Å²) in [6.45, 7) is 5.40. The van der Waals surface area contributed by atoms with Gasteiger partial charge in [0.2, 0.25) is 0 Å². The predicted molar refractivity (Wildman–Crippen MR) is 46.7 cm³/mol. The van der Waals surface area contributed by atoms with Gasteiger partial charge in [-0.25, -0.2) is 4.79 Å². The Hall–Kier alpha value is -0.830. The summed E-state index contributed by atoms with van der Waals surface area (Å²) in [4.78, 5) is 10.9. The third-order valence-corrected chi connectivity index (χ3v) is 1.22. The second-order valence-corrected chi connectivity index (χ2v) is 2.82. The molecule has 1 atom stereocenters. The lowest BCUT2D eigenvalue weighted by atomic mass is 10.2. The first-order valence-electron chi connectivity index (χ1n) is 4.13. The van der Waals surface area contributed by atoms with Gasteiger partial charge in [-0.15, -0.1) is 0 Å². The van der Waals surface area contributed by atoms with Crippen molar-refractivity contribution in [2.75, 3.05) is 0 Å². The molecule has 0 bridgehead atoms. The van der Waals surface area contributed by atoms with Crippen molar-refractivity contribution in [2.45, 2.75) is 39.4 Å². The zero-order valence-electron chi connectivity index (χ0n) is 7.78. The summed E-state index contributed by atoms with van der Waals surface area (Å²) < 4.78 is 4.81. The van der Waals surface area contributed by atoms with Gasteiger partial charge < -0.3 is 9.84 Å². The SMILES string of the molecule is CC[C@H](O)/C=C/C(=O)OC(C)C. The number of carbonyl (C=O) groups excluding carboxylic acids is 1. The molecule has 0 aromatic carbocycles. The lowest BCUT2D eigenvalue weighted by molar-refractivity contribution is -0.141. The van der Waals surface area contributed by atoms with Gasteiger partial charge in [-0.3, -0.25) is 0 Å². The van der Waals surface area contributed by atoms with Crippen molar-refractivity contribution in [3.05, 3.63) is 12.2 Å². The van der Waals surface area contributed by atoms with Crippen LogP contribution >= 0.6 is 0 Å². The molecule has 12 heavy (non-hydrogen) atoms. The highest BCUT2D eigenvalue weighted by molar-refractivity contribution is 5.82. The van der Waals surface area contributed by atoms with Crippen LogP contribution in [0.5, 0.6) is 0 Å². The van der Waals surface area contributed by atoms with Crippen LogP contribution < -0.4 is 0 Å². The van der Waals surface area contributed by atoms with Crippen LogP contribution in [0.3, 0.4) is 0 Å². The molecule has 0 radical (unpaired) electrons. The Bertz CT molecular complexity index is 161.